The number of halogens is 4. The molecule has 0 fully saturated rings. The first-order chi connectivity index (χ1) is 8.99. The van der Waals surface area contributed by atoms with Crippen LogP contribution in [-0.2, 0) is 6.42 Å². The minimum atomic E-state index is -1.02. The molecule has 0 bridgehead atoms. The first-order valence-corrected chi connectivity index (χ1v) is 6.72. The summed E-state index contributed by atoms with van der Waals surface area (Å²) in [6.45, 7) is 0. The van der Waals surface area contributed by atoms with E-state index >= 15 is 0 Å². The summed E-state index contributed by atoms with van der Waals surface area (Å²) >= 11 is 8.90. The average molecular weight is 348 g/mol. The lowest BCUT2D eigenvalue weighted by Gasteiger charge is -2.14. The van der Waals surface area contributed by atoms with Gasteiger partial charge in [0, 0.05) is 10.9 Å². The van der Waals surface area contributed by atoms with Gasteiger partial charge in [0.05, 0.1) is 11.1 Å². The lowest BCUT2D eigenvalue weighted by atomic mass is 10.0. The topological polar surface area (TPSA) is 20.2 Å². The van der Waals surface area contributed by atoms with Crippen LogP contribution in [0.15, 0.2) is 40.9 Å². The normalized spacial score (nSPS) is 12.5. The Kier molecular flexibility index (Phi) is 4.55. The van der Waals surface area contributed by atoms with Crippen molar-refractivity contribution in [1.82, 2.24) is 0 Å². The number of rotatable bonds is 3. The van der Waals surface area contributed by atoms with E-state index in [1.54, 1.807) is 6.07 Å². The fourth-order valence-corrected chi connectivity index (χ4v) is 2.50. The summed E-state index contributed by atoms with van der Waals surface area (Å²) in [5, 5.41) is 10.1. The zero-order valence-corrected chi connectivity index (χ0v) is 12.0. The third kappa shape index (κ3) is 3.32. The van der Waals surface area contributed by atoms with E-state index in [9.17, 15) is 13.9 Å². The summed E-state index contributed by atoms with van der Waals surface area (Å²) < 4.78 is 27.5. The number of benzene rings is 2. The fraction of sp³-hybridized carbons (Fsp3) is 0.143. The molecule has 2 aromatic rings. The second-order valence-electron chi connectivity index (χ2n) is 4.10. The summed E-state index contributed by atoms with van der Waals surface area (Å²) in [5.74, 6) is -1.01. The summed E-state index contributed by atoms with van der Waals surface area (Å²) in [6, 6.07) is 8.58. The van der Waals surface area contributed by atoms with Gasteiger partial charge in [-0.2, -0.15) is 0 Å². The van der Waals surface area contributed by atoms with Gasteiger partial charge in [-0.15, -0.1) is 0 Å². The van der Waals surface area contributed by atoms with Crippen molar-refractivity contribution in [3.05, 3.63) is 68.7 Å². The van der Waals surface area contributed by atoms with Crippen LogP contribution in [0.4, 0.5) is 8.78 Å². The molecule has 19 heavy (non-hydrogen) atoms. The van der Waals surface area contributed by atoms with E-state index < -0.39 is 17.7 Å². The molecule has 2 aromatic carbocycles. The van der Waals surface area contributed by atoms with Gasteiger partial charge in [0.25, 0.3) is 0 Å². The van der Waals surface area contributed by atoms with Gasteiger partial charge < -0.3 is 5.11 Å². The highest BCUT2D eigenvalue weighted by Gasteiger charge is 2.16. The second-order valence-corrected chi connectivity index (χ2v) is 5.36. The van der Waals surface area contributed by atoms with Crippen molar-refractivity contribution in [1.29, 1.82) is 0 Å². The van der Waals surface area contributed by atoms with Gasteiger partial charge in [-0.05, 0) is 35.4 Å². The van der Waals surface area contributed by atoms with Crippen molar-refractivity contribution in [3.8, 4) is 0 Å². The molecule has 1 atom stereocenters. The van der Waals surface area contributed by atoms with Gasteiger partial charge >= 0.3 is 0 Å². The van der Waals surface area contributed by atoms with Crippen LogP contribution in [0.1, 0.15) is 17.2 Å². The van der Waals surface area contributed by atoms with Crippen LogP contribution in [-0.4, -0.2) is 5.11 Å². The fourth-order valence-electron chi connectivity index (χ4n) is 1.79. The summed E-state index contributed by atoms with van der Waals surface area (Å²) in [7, 11) is 0. The monoisotopic (exact) mass is 346 g/mol. The van der Waals surface area contributed by atoms with Gasteiger partial charge in [0.1, 0.15) is 11.6 Å². The first-order valence-electron chi connectivity index (χ1n) is 5.55. The van der Waals surface area contributed by atoms with E-state index in [1.165, 1.54) is 30.3 Å². The van der Waals surface area contributed by atoms with Crippen molar-refractivity contribution in [2.24, 2.45) is 0 Å². The molecule has 0 aromatic heterocycles. The largest absolute Gasteiger partial charge is 0.388 e. The van der Waals surface area contributed by atoms with Crippen molar-refractivity contribution >= 4 is 27.5 Å². The summed E-state index contributed by atoms with van der Waals surface area (Å²) in [6.07, 6.45) is -0.993. The predicted octanol–water partition coefficient (Wildman–Crippen LogP) is 4.66. The molecular weight excluding hydrogens is 338 g/mol. The predicted molar refractivity (Wildman–Crippen MR) is 74.2 cm³/mol. The SMILES string of the molecule is OC(Cc1cccc(Cl)c1F)c1cc(F)ccc1Br. The number of hydrogen-bond donors (Lipinski definition) is 1. The highest BCUT2D eigenvalue weighted by Crippen LogP contribution is 2.28. The molecule has 0 aliphatic rings. The van der Waals surface area contributed by atoms with E-state index in [0.717, 1.165) is 0 Å². The molecule has 0 spiro atoms. The minimum Gasteiger partial charge on any atom is -0.388 e. The molecule has 0 aliphatic carbocycles. The van der Waals surface area contributed by atoms with E-state index in [2.05, 4.69) is 15.9 Å². The van der Waals surface area contributed by atoms with E-state index in [-0.39, 0.29) is 17.0 Å². The molecule has 0 amide bonds. The van der Waals surface area contributed by atoms with E-state index in [1.807, 2.05) is 0 Å². The Balaban J connectivity index is 2.28. The van der Waals surface area contributed by atoms with Crippen molar-refractivity contribution < 1.29 is 13.9 Å². The number of aliphatic hydroxyl groups excluding tert-OH is 1. The molecule has 0 heterocycles. The van der Waals surface area contributed by atoms with Crippen LogP contribution >= 0.6 is 27.5 Å². The van der Waals surface area contributed by atoms with Crippen LogP contribution in [0, 0.1) is 11.6 Å². The van der Waals surface area contributed by atoms with Gasteiger partial charge in [-0.25, -0.2) is 8.78 Å². The van der Waals surface area contributed by atoms with Crippen molar-refractivity contribution in [3.63, 3.8) is 0 Å². The maximum Gasteiger partial charge on any atom is 0.145 e. The highest BCUT2D eigenvalue weighted by molar-refractivity contribution is 9.10. The molecule has 0 radical (unpaired) electrons. The maximum absolute atomic E-state index is 13.7. The van der Waals surface area contributed by atoms with Gasteiger partial charge in [0.2, 0.25) is 0 Å². The van der Waals surface area contributed by atoms with Crippen LogP contribution in [0.25, 0.3) is 0 Å². The van der Waals surface area contributed by atoms with Gasteiger partial charge in [0.15, 0.2) is 0 Å². The van der Waals surface area contributed by atoms with E-state index in [0.29, 0.717) is 10.0 Å². The molecule has 1 nitrogen and oxygen atoms in total. The van der Waals surface area contributed by atoms with Gasteiger partial charge in [-0.3, -0.25) is 0 Å². The third-order valence-corrected chi connectivity index (χ3v) is 3.78. The highest BCUT2D eigenvalue weighted by atomic mass is 79.9. The Morgan fingerprint density at radius 3 is 2.68 bits per heavy atom. The van der Waals surface area contributed by atoms with Crippen LogP contribution in [0.2, 0.25) is 5.02 Å². The quantitative estimate of drug-likeness (QED) is 0.856. The third-order valence-electron chi connectivity index (χ3n) is 2.76. The molecule has 0 aliphatic heterocycles. The Labute approximate surface area is 123 Å². The molecule has 2 rings (SSSR count). The van der Waals surface area contributed by atoms with Crippen LogP contribution in [0.3, 0.4) is 0 Å². The molecule has 1 N–H and O–H groups in total. The Morgan fingerprint density at radius 1 is 1.21 bits per heavy atom. The van der Waals surface area contributed by atoms with Gasteiger partial charge in [-0.1, -0.05) is 39.7 Å². The average Bonchev–Trinajstić information content (AvgIpc) is 2.38. The Morgan fingerprint density at radius 2 is 1.95 bits per heavy atom. The first kappa shape index (κ1) is 14.4. The molecular formula is C14H10BrClF2O. The van der Waals surface area contributed by atoms with Crippen LogP contribution in [0.5, 0.6) is 0 Å². The maximum atomic E-state index is 13.7. The Bertz CT molecular complexity index is 604. The van der Waals surface area contributed by atoms with Crippen molar-refractivity contribution in [2.45, 2.75) is 12.5 Å². The standard InChI is InChI=1S/C14H10BrClF2O/c15-11-5-4-9(17)7-10(11)13(19)6-8-2-1-3-12(16)14(8)18/h1-5,7,13,19H,6H2. The second kappa shape index (κ2) is 5.99. The zero-order chi connectivity index (χ0) is 14.0. The summed E-state index contributed by atoms with van der Waals surface area (Å²) in [5.41, 5.74) is 0.663. The van der Waals surface area contributed by atoms with Crippen molar-refractivity contribution in [2.75, 3.05) is 0 Å². The molecule has 5 heteroatoms. The lowest BCUT2D eigenvalue weighted by Crippen LogP contribution is -2.05. The Hall–Kier alpha value is -0.970. The minimum absolute atomic E-state index is 0.00279. The lowest BCUT2D eigenvalue weighted by molar-refractivity contribution is 0.176. The van der Waals surface area contributed by atoms with Crippen LogP contribution < -0.4 is 0 Å². The zero-order valence-electron chi connectivity index (χ0n) is 9.71. The molecule has 1 unspecified atom stereocenters. The number of aliphatic hydroxyl groups is 1. The summed E-state index contributed by atoms with van der Waals surface area (Å²) in [4.78, 5) is 0. The molecule has 0 saturated heterocycles. The number of hydrogen-bond acceptors (Lipinski definition) is 1. The molecule has 0 saturated carbocycles. The smallest absolute Gasteiger partial charge is 0.145 e. The van der Waals surface area contributed by atoms with E-state index in [4.69, 9.17) is 11.6 Å². The molecule has 100 valence electrons.